The Morgan fingerprint density at radius 3 is 2.29 bits per heavy atom. The van der Waals surface area contributed by atoms with Crippen molar-refractivity contribution in [2.75, 3.05) is 6.61 Å². The van der Waals surface area contributed by atoms with Gasteiger partial charge in [-0.15, -0.1) is 10.2 Å². The molecular formula is C27H39FN2O. The van der Waals surface area contributed by atoms with Gasteiger partial charge in [0.05, 0.1) is 12.3 Å². The molecule has 0 aliphatic heterocycles. The first-order valence-electron chi connectivity index (χ1n) is 12.4. The summed E-state index contributed by atoms with van der Waals surface area (Å²) in [6, 6.07) is 9.17. The second kappa shape index (κ2) is 12.8. The van der Waals surface area contributed by atoms with Crippen molar-refractivity contribution in [2.24, 2.45) is 11.8 Å². The maximum absolute atomic E-state index is 14.7. The monoisotopic (exact) mass is 426 g/mol. The average molecular weight is 427 g/mol. The predicted molar refractivity (Wildman–Crippen MR) is 126 cm³/mol. The van der Waals surface area contributed by atoms with E-state index in [2.05, 4.69) is 24.0 Å². The molecule has 1 saturated carbocycles. The van der Waals surface area contributed by atoms with Crippen LogP contribution in [-0.4, -0.2) is 16.8 Å². The molecule has 0 bridgehead atoms. The molecule has 0 radical (unpaired) electrons. The number of halogens is 1. The molecular weight excluding hydrogens is 387 g/mol. The molecule has 0 N–H and O–H groups in total. The molecule has 1 aliphatic carbocycles. The lowest BCUT2D eigenvalue weighted by Crippen LogP contribution is -2.15. The number of benzene rings is 1. The highest BCUT2D eigenvalue weighted by Crippen LogP contribution is 2.34. The van der Waals surface area contributed by atoms with Crippen LogP contribution in [0, 0.1) is 17.7 Å². The van der Waals surface area contributed by atoms with Crippen LogP contribution in [-0.2, 0) is 6.42 Å². The van der Waals surface area contributed by atoms with Crippen LogP contribution in [0.15, 0.2) is 30.3 Å². The van der Waals surface area contributed by atoms with E-state index in [4.69, 9.17) is 4.74 Å². The summed E-state index contributed by atoms with van der Waals surface area (Å²) in [6.07, 6.45) is 14.6. The maximum Gasteiger partial charge on any atom is 0.233 e. The lowest BCUT2D eigenvalue weighted by atomic mass is 9.78. The Hall–Kier alpha value is -1.97. The van der Waals surface area contributed by atoms with Crippen molar-refractivity contribution in [1.82, 2.24) is 10.2 Å². The summed E-state index contributed by atoms with van der Waals surface area (Å²) < 4.78 is 20.4. The van der Waals surface area contributed by atoms with Crippen LogP contribution in [0.3, 0.4) is 0 Å². The smallest absolute Gasteiger partial charge is 0.233 e. The first-order valence-corrected chi connectivity index (χ1v) is 12.4. The molecule has 2 aromatic rings. The van der Waals surface area contributed by atoms with Crippen molar-refractivity contribution in [3.8, 4) is 17.1 Å². The highest BCUT2D eigenvalue weighted by atomic mass is 19.1. The third kappa shape index (κ3) is 7.59. The molecule has 0 saturated heterocycles. The number of hydrogen-bond donors (Lipinski definition) is 0. The maximum atomic E-state index is 14.7. The van der Waals surface area contributed by atoms with E-state index < -0.39 is 0 Å². The molecule has 3 rings (SSSR count). The highest BCUT2D eigenvalue weighted by Gasteiger charge is 2.20. The van der Waals surface area contributed by atoms with Gasteiger partial charge in [0, 0.05) is 11.6 Å². The molecule has 1 fully saturated rings. The molecule has 1 aliphatic rings. The van der Waals surface area contributed by atoms with Crippen molar-refractivity contribution in [3.05, 3.63) is 41.7 Å². The van der Waals surface area contributed by atoms with Gasteiger partial charge in [-0.1, -0.05) is 83.8 Å². The number of aryl methyl sites for hydroxylation is 1. The van der Waals surface area contributed by atoms with Crippen molar-refractivity contribution >= 4 is 0 Å². The van der Waals surface area contributed by atoms with Gasteiger partial charge in [0.2, 0.25) is 5.88 Å². The summed E-state index contributed by atoms with van der Waals surface area (Å²) in [5, 5.41) is 8.38. The minimum atomic E-state index is -0.129. The average Bonchev–Trinajstić information content (AvgIpc) is 2.80. The van der Waals surface area contributed by atoms with Crippen LogP contribution in [0.2, 0.25) is 0 Å². The third-order valence-corrected chi connectivity index (χ3v) is 6.72. The van der Waals surface area contributed by atoms with Crippen molar-refractivity contribution in [2.45, 2.75) is 90.9 Å². The number of unbranched alkanes of at least 4 members (excludes halogenated alkanes) is 3. The SMILES string of the molecule is CCCCCCOc1ccc(-c2ccc(CCC3CCC(CCC)CC3)c(F)c2)nn1. The van der Waals surface area contributed by atoms with Gasteiger partial charge in [0.15, 0.2) is 0 Å². The van der Waals surface area contributed by atoms with Gasteiger partial charge in [0.1, 0.15) is 5.82 Å². The summed E-state index contributed by atoms with van der Waals surface area (Å²) in [4.78, 5) is 0. The normalized spacial score (nSPS) is 18.8. The van der Waals surface area contributed by atoms with E-state index in [1.165, 1.54) is 57.8 Å². The Morgan fingerprint density at radius 2 is 1.65 bits per heavy atom. The zero-order valence-electron chi connectivity index (χ0n) is 19.4. The second-order valence-corrected chi connectivity index (χ2v) is 9.19. The third-order valence-electron chi connectivity index (χ3n) is 6.72. The fourth-order valence-corrected chi connectivity index (χ4v) is 4.74. The number of aromatic nitrogens is 2. The fraction of sp³-hybridized carbons (Fsp3) is 0.630. The molecule has 0 unspecified atom stereocenters. The van der Waals surface area contributed by atoms with E-state index in [0.717, 1.165) is 42.2 Å². The Labute approximate surface area is 187 Å². The molecule has 1 aromatic heterocycles. The molecule has 1 heterocycles. The molecule has 0 amide bonds. The largest absolute Gasteiger partial charge is 0.477 e. The summed E-state index contributed by atoms with van der Waals surface area (Å²) in [5.74, 6) is 2.09. The summed E-state index contributed by atoms with van der Waals surface area (Å²) in [5.41, 5.74) is 2.26. The Bertz CT molecular complexity index is 769. The van der Waals surface area contributed by atoms with Crippen molar-refractivity contribution in [1.29, 1.82) is 0 Å². The van der Waals surface area contributed by atoms with Gasteiger partial charge in [-0.05, 0) is 48.8 Å². The van der Waals surface area contributed by atoms with Gasteiger partial charge in [-0.25, -0.2) is 4.39 Å². The van der Waals surface area contributed by atoms with Gasteiger partial charge < -0.3 is 4.74 Å². The zero-order chi connectivity index (χ0) is 21.9. The number of rotatable bonds is 12. The van der Waals surface area contributed by atoms with E-state index in [-0.39, 0.29) is 5.82 Å². The van der Waals surface area contributed by atoms with Gasteiger partial charge in [-0.2, -0.15) is 0 Å². The van der Waals surface area contributed by atoms with Crippen LogP contribution >= 0.6 is 0 Å². The lowest BCUT2D eigenvalue weighted by Gasteiger charge is -2.28. The van der Waals surface area contributed by atoms with Crippen LogP contribution in [0.25, 0.3) is 11.3 Å². The molecule has 1 aromatic carbocycles. The van der Waals surface area contributed by atoms with Crippen molar-refractivity contribution < 1.29 is 9.13 Å². The van der Waals surface area contributed by atoms with E-state index in [1.807, 2.05) is 24.3 Å². The first-order chi connectivity index (χ1) is 15.2. The van der Waals surface area contributed by atoms with E-state index in [1.54, 1.807) is 6.07 Å². The van der Waals surface area contributed by atoms with Crippen LogP contribution < -0.4 is 4.74 Å². The summed E-state index contributed by atoms with van der Waals surface area (Å²) in [7, 11) is 0. The van der Waals surface area contributed by atoms with E-state index in [0.29, 0.717) is 18.2 Å². The zero-order valence-corrected chi connectivity index (χ0v) is 19.4. The number of nitrogens with zero attached hydrogens (tertiary/aromatic N) is 2. The highest BCUT2D eigenvalue weighted by molar-refractivity contribution is 5.59. The van der Waals surface area contributed by atoms with E-state index >= 15 is 0 Å². The first kappa shape index (κ1) is 23.7. The predicted octanol–water partition coefficient (Wildman–Crippen LogP) is 7.78. The Kier molecular flexibility index (Phi) is 9.77. The molecule has 0 atom stereocenters. The van der Waals surface area contributed by atoms with Crippen LogP contribution in [0.5, 0.6) is 5.88 Å². The van der Waals surface area contributed by atoms with Crippen molar-refractivity contribution in [3.63, 3.8) is 0 Å². The summed E-state index contributed by atoms with van der Waals surface area (Å²) in [6.45, 7) is 5.14. The van der Waals surface area contributed by atoms with Crippen LogP contribution in [0.4, 0.5) is 4.39 Å². The van der Waals surface area contributed by atoms with E-state index in [9.17, 15) is 4.39 Å². The van der Waals surface area contributed by atoms with Gasteiger partial charge in [0.25, 0.3) is 0 Å². The molecule has 170 valence electrons. The quantitative estimate of drug-likeness (QED) is 0.325. The van der Waals surface area contributed by atoms with Crippen LogP contribution in [0.1, 0.15) is 90.0 Å². The standard InChI is InChI=1S/C27H39FN2O/c1-3-5-6-7-19-31-27-18-17-26(29-30-27)24-16-15-23(25(28)20-24)14-13-22-11-9-21(8-4-2)10-12-22/h15-18,20-22H,3-14,19H2,1-2H3. The molecule has 0 spiro atoms. The van der Waals surface area contributed by atoms with Gasteiger partial charge >= 0.3 is 0 Å². The molecule has 4 heteroatoms. The minimum absolute atomic E-state index is 0.129. The second-order valence-electron chi connectivity index (χ2n) is 9.19. The lowest BCUT2D eigenvalue weighted by molar-refractivity contribution is 0.252. The Balaban J connectivity index is 1.47. The molecule has 31 heavy (non-hydrogen) atoms. The topological polar surface area (TPSA) is 35.0 Å². The van der Waals surface area contributed by atoms with Gasteiger partial charge in [-0.3, -0.25) is 0 Å². The fourth-order valence-electron chi connectivity index (χ4n) is 4.74. The number of ether oxygens (including phenoxy) is 1. The summed E-state index contributed by atoms with van der Waals surface area (Å²) >= 11 is 0. The minimum Gasteiger partial charge on any atom is -0.477 e. The Morgan fingerprint density at radius 1 is 0.871 bits per heavy atom. The number of hydrogen-bond acceptors (Lipinski definition) is 3. The molecule has 3 nitrogen and oxygen atoms in total.